The summed E-state index contributed by atoms with van der Waals surface area (Å²) in [6, 6.07) is 15.0. The predicted octanol–water partition coefficient (Wildman–Crippen LogP) is 2.91. The molecule has 2 aromatic carbocycles. The van der Waals surface area contributed by atoms with Gasteiger partial charge in [0.1, 0.15) is 0 Å². The molecule has 1 amide bonds. The van der Waals surface area contributed by atoms with Crippen LogP contribution in [-0.4, -0.2) is 17.6 Å². The molecule has 2 rings (SSSR count). The Hall–Kier alpha value is -1.65. The Morgan fingerprint density at radius 1 is 1.00 bits per heavy atom. The van der Waals surface area contributed by atoms with E-state index in [1.54, 1.807) is 12.1 Å². The van der Waals surface area contributed by atoms with Crippen LogP contribution in [0, 0.1) is 0 Å². The minimum absolute atomic E-state index is 0.0561. The van der Waals surface area contributed by atoms with Gasteiger partial charge >= 0.3 is 0 Å². The fourth-order valence-corrected chi connectivity index (χ4v) is 2.10. The van der Waals surface area contributed by atoms with E-state index in [1.165, 1.54) is 0 Å². The quantitative estimate of drug-likeness (QED) is 0.883. The van der Waals surface area contributed by atoms with Gasteiger partial charge in [-0.1, -0.05) is 40.2 Å². The van der Waals surface area contributed by atoms with Gasteiger partial charge in [0.25, 0.3) is 5.91 Å². The van der Waals surface area contributed by atoms with Crippen LogP contribution in [-0.2, 0) is 13.0 Å². The summed E-state index contributed by atoms with van der Waals surface area (Å²) >= 11 is 3.34. The van der Waals surface area contributed by atoms with Gasteiger partial charge in [0.05, 0.1) is 6.61 Å². The zero-order valence-electron chi connectivity index (χ0n) is 11.0. The van der Waals surface area contributed by atoms with E-state index in [2.05, 4.69) is 21.2 Å². The zero-order valence-corrected chi connectivity index (χ0v) is 12.6. The van der Waals surface area contributed by atoms with E-state index in [0.717, 1.165) is 22.0 Å². The molecule has 0 atom stereocenters. The molecule has 2 N–H and O–H groups in total. The van der Waals surface area contributed by atoms with Crippen LogP contribution in [0.15, 0.2) is 53.0 Å². The molecule has 0 radical (unpaired) electrons. The van der Waals surface area contributed by atoms with E-state index in [9.17, 15) is 4.79 Å². The third kappa shape index (κ3) is 4.18. The Kier molecular flexibility index (Phi) is 5.32. The Morgan fingerprint density at radius 3 is 2.20 bits per heavy atom. The molecular formula is C16H16BrNO2. The summed E-state index contributed by atoms with van der Waals surface area (Å²) < 4.78 is 0.957. The first-order chi connectivity index (χ1) is 9.69. The van der Waals surface area contributed by atoms with Crippen LogP contribution in [0.5, 0.6) is 0 Å². The molecule has 0 heterocycles. The lowest BCUT2D eigenvalue weighted by atomic mass is 10.1. The number of hydrogen-bond acceptors (Lipinski definition) is 2. The van der Waals surface area contributed by atoms with Crippen molar-refractivity contribution in [3.63, 3.8) is 0 Å². The average Bonchev–Trinajstić information content (AvgIpc) is 2.48. The van der Waals surface area contributed by atoms with Gasteiger partial charge in [-0.2, -0.15) is 0 Å². The highest BCUT2D eigenvalue weighted by molar-refractivity contribution is 9.10. The molecule has 104 valence electrons. The van der Waals surface area contributed by atoms with Gasteiger partial charge < -0.3 is 10.4 Å². The maximum atomic E-state index is 11.9. The molecule has 0 unspecified atom stereocenters. The van der Waals surface area contributed by atoms with Crippen molar-refractivity contribution in [3.05, 3.63) is 69.7 Å². The summed E-state index contributed by atoms with van der Waals surface area (Å²) in [4.78, 5) is 11.9. The molecule has 20 heavy (non-hydrogen) atoms. The van der Waals surface area contributed by atoms with Crippen molar-refractivity contribution in [2.24, 2.45) is 0 Å². The first-order valence-electron chi connectivity index (χ1n) is 6.41. The van der Waals surface area contributed by atoms with Crippen molar-refractivity contribution in [3.8, 4) is 0 Å². The standard InChI is InChI=1S/C16H16BrNO2/c17-15-7-5-14(6-8-15)16(20)18-10-9-12-1-3-13(11-19)4-2-12/h1-8,19H,9-11H2,(H,18,20). The second-order valence-corrected chi connectivity index (χ2v) is 5.40. The summed E-state index contributed by atoms with van der Waals surface area (Å²) in [5.74, 6) is -0.0653. The Balaban J connectivity index is 1.82. The number of aliphatic hydroxyl groups excluding tert-OH is 1. The molecule has 0 aliphatic heterocycles. The second kappa shape index (κ2) is 7.22. The van der Waals surface area contributed by atoms with Crippen molar-refractivity contribution in [2.75, 3.05) is 6.54 Å². The number of carbonyl (C=O) groups excluding carboxylic acids is 1. The summed E-state index contributed by atoms with van der Waals surface area (Å²) in [5, 5.41) is 11.9. The van der Waals surface area contributed by atoms with Gasteiger partial charge in [-0.3, -0.25) is 4.79 Å². The zero-order chi connectivity index (χ0) is 14.4. The van der Waals surface area contributed by atoms with Gasteiger partial charge in [-0.25, -0.2) is 0 Å². The van der Waals surface area contributed by atoms with E-state index in [-0.39, 0.29) is 12.5 Å². The fraction of sp³-hybridized carbons (Fsp3) is 0.188. The van der Waals surface area contributed by atoms with Gasteiger partial charge in [0.15, 0.2) is 0 Å². The monoisotopic (exact) mass is 333 g/mol. The van der Waals surface area contributed by atoms with E-state index in [4.69, 9.17) is 5.11 Å². The van der Waals surface area contributed by atoms with Crippen molar-refractivity contribution in [1.82, 2.24) is 5.32 Å². The Morgan fingerprint density at radius 2 is 1.60 bits per heavy atom. The first-order valence-corrected chi connectivity index (χ1v) is 7.21. The number of benzene rings is 2. The molecule has 4 heteroatoms. The van der Waals surface area contributed by atoms with Crippen molar-refractivity contribution >= 4 is 21.8 Å². The maximum absolute atomic E-state index is 11.9. The summed E-state index contributed by atoms with van der Waals surface area (Å²) in [7, 11) is 0. The maximum Gasteiger partial charge on any atom is 0.251 e. The van der Waals surface area contributed by atoms with Gasteiger partial charge in [-0.15, -0.1) is 0 Å². The molecule has 2 aromatic rings. The third-order valence-corrected chi connectivity index (χ3v) is 3.54. The Labute approximate surface area is 126 Å². The molecule has 0 aliphatic carbocycles. The summed E-state index contributed by atoms with van der Waals surface area (Å²) in [5.41, 5.74) is 2.69. The number of hydrogen-bond donors (Lipinski definition) is 2. The lowest BCUT2D eigenvalue weighted by Gasteiger charge is -2.06. The smallest absolute Gasteiger partial charge is 0.251 e. The number of aliphatic hydroxyl groups is 1. The number of rotatable bonds is 5. The highest BCUT2D eigenvalue weighted by Gasteiger charge is 2.04. The van der Waals surface area contributed by atoms with Crippen LogP contribution in [0.2, 0.25) is 0 Å². The van der Waals surface area contributed by atoms with Crippen LogP contribution < -0.4 is 5.32 Å². The molecule has 0 saturated heterocycles. The van der Waals surface area contributed by atoms with Crippen LogP contribution >= 0.6 is 15.9 Å². The van der Waals surface area contributed by atoms with Crippen molar-refractivity contribution < 1.29 is 9.90 Å². The van der Waals surface area contributed by atoms with E-state index in [1.807, 2.05) is 36.4 Å². The lowest BCUT2D eigenvalue weighted by molar-refractivity contribution is 0.0954. The molecule has 0 aromatic heterocycles. The van der Waals surface area contributed by atoms with E-state index < -0.39 is 0 Å². The highest BCUT2D eigenvalue weighted by Crippen LogP contribution is 2.10. The molecule has 0 bridgehead atoms. The number of halogens is 1. The number of carbonyl (C=O) groups is 1. The van der Waals surface area contributed by atoms with Crippen LogP contribution in [0.3, 0.4) is 0 Å². The minimum Gasteiger partial charge on any atom is -0.392 e. The second-order valence-electron chi connectivity index (χ2n) is 4.49. The number of amides is 1. The molecule has 0 fully saturated rings. The summed E-state index contributed by atoms with van der Waals surface area (Å²) in [6.07, 6.45) is 0.772. The highest BCUT2D eigenvalue weighted by atomic mass is 79.9. The molecular weight excluding hydrogens is 318 g/mol. The third-order valence-electron chi connectivity index (χ3n) is 3.01. The average molecular weight is 334 g/mol. The van der Waals surface area contributed by atoms with Gasteiger partial charge in [0.2, 0.25) is 0 Å². The SMILES string of the molecule is O=C(NCCc1ccc(CO)cc1)c1ccc(Br)cc1. The van der Waals surface area contributed by atoms with Crippen LogP contribution in [0.1, 0.15) is 21.5 Å². The molecule has 0 saturated carbocycles. The van der Waals surface area contributed by atoms with Gasteiger partial charge in [-0.05, 0) is 41.8 Å². The number of nitrogens with one attached hydrogen (secondary N) is 1. The fourth-order valence-electron chi connectivity index (χ4n) is 1.84. The minimum atomic E-state index is -0.0653. The van der Waals surface area contributed by atoms with Crippen LogP contribution in [0.4, 0.5) is 0 Å². The van der Waals surface area contributed by atoms with E-state index >= 15 is 0 Å². The molecule has 0 aliphatic rings. The molecule has 0 spiro atoms. The largest absolute Gasteiger partial charge is 0.392 e. The predicted molar refractivity (Wildman–Crippen MR) is 82.5 cm³/mol. The first kappa shape index (κ1) is 14.8. The normalized spacial score (nSPS) is 10.3. The van der Waals surface area contributed by atoms with E-state index in [0.29, 0.717) is 12.1 Å². The summed E-state index contributed by atoms with van der Waals surface area (Å²) in [6.45, 7) is 0.647. The topological polar surface area (TPSA) is 49.3 Å². The van der Waals surface area contributed by atoms with Crippen molar-refractivity contribution in [2.45, 2.75) is 13.0 Å². The Bertz CT molecular complexity index is 564. The molecule has 3 nitrogen and oxygen atoms in total. The van der Waals surface area contributed by atoms with Crippen LogP contribution in [0.25, 0.3) is 0 Å². The lowest BCUT2D eigenvalue weighted by Crippen LogP contribution is -2.25. The van der Waals surface area contributed by atoms with Gasteiger partial charge in [0, 0.05) is 16.6 Å². The van der Waals surface area contributed by atoms with Crippen molar-refractivity contribution in [1.29, 1.82) is 0 Å².